The molecule has 114 valence electrons. The second kappa shape index (κ2) is 7.11. The molecule has 1 amide bonds. The third kappa shape index (κ3) is 4.48. The fourth-order valence-electron chi connectivity index (χ4n) is 2.64. The van der Waals surface area contributed by atoms with Gasteiger partial charge in [0, 0.05) is 12.6 Å². The summed E-state index contributed by atoms with van der Waals surface area (Å²) in [5, 5.41) is 8.60. The summed E-state index contributed by atoms with van der Waals surface area (Å²) in [5.41, 5.74) is 0.848. The topological polar surface area (TPSA) is 66.8 Å². The lowest BCUT2D eigenvalue weighted by Crippen LogP contribution is -2.42. The molecule has 1 aliphatic rings. The Kier molecular flexibility index (Phi) is 5.20. The summed E-state index contributed by atoms with van der Waals surface area (Å²) in [4.78, 5) is 24.8. The molecule has 1 aromatic carbocycles. The van der Waals surface area contributed by atoms with Crippen LogP contribution in [0.25, 0.3) is 0 Å². The molecule has 0 spiro atoms. The molecule has 1 aromatic rings. The van der Waals surface area contributed by atoms with Crippen molar-refractivity contribution < 1.29 is 19.4 Å². The van der Waals surface area contributed by atoms with Crippen LogP contribution in [0, 0.1) is 0 Å². The van der Waals surface area contributed by atoms with E-state index in [2.05, 4.69) is 6.92 Å². The number of benzene rings is 1. The third-order valence-corrected chi connectivity index (χ3v) is 3.74. The Hall–Kier alpha value is -2.04. The number of likely N-dealkylation sites (tertiary alicyclic amines) is 1. The largest absolute Gasteiger partial charge is 0.482 e. The highest BCUT2D eigenvalue weighted by Gasteiger charge is 2.23. The van der Waals surface area contributed by atoms with Crippen molar-refractivity contribution in [1.29, 1.82) is 0 Å². The summed E-state index contributed by atoms with van der Waals surface area (Å²) in [6.07, 6.45) is 3.64. The fraction of sp³-hybridized carbons (Fsp3) is 0.500. The number of carbonyl (C=O) groups is 2. The average molecular weight is 291 g/mol. The van der Waals surface area contributed by atoms with Crippen LogP contribution >= 0.6 is 0 Å². The van der Waals surface area contributed by atoms with Crippen molar-refractivity contribution in [3.63, 3.8) is 0 Å². The molecule has 5 nitrogen and oxygen atoms in total. The lowest BCUT2D eigenvalue weighted by atomic mass is 10.0. The first-order valence-corrected chi connectivity index (χ1v) is 7.29. The Morgan fingerprint density at radius 1 is 1.38 bits per heavy atom. The monoisotopic (exact) mass is 291 g/mol. The molecule has 2 rings (SSSR count). The standard InChI is InChI=1S/C16H21NO4/c1-12-5-2-3-8-17(12)15(18)10-13-6-4-7-14(9-13)21-11-16(19)20/h4,6-7,9,12H,2-3,5,8,10-11H2,1H3,(H,19,20). The molecule has 0 bridgehead atoms. The van der Waals surface area contributed by atoms with Gasteiger partial charge in [-0.15, -0.1) is 0 Å². The van der Waals surface area contributed by atoms with E-state index >= 15 is 0 Å². The zero-order valence-electron chi connectivity index (χ0n) is 12.2. The van der Waals surface area contributed by atoms with E-state index < -0.39 is 5.97 Å². The van der Waals surface area contributed by atoms with E-state index in [0.717, 1.165) is 24.9 Å². The van der Waals surface area contributed by atoms with Crippen LogP contribution < -0.4 is 4.74 Å². The minimum atomic E-state index is -1.02. The molecule has 1 saturated heterocycles. The van der Waals surface area contributed by atoms with Crippen molar-refractivity contribution >= 4 is 11.9 Å². The SMILES string of the molecule is CC1CCCCN1C(=O)Cc1cccc(OCC(=O)O)c1. The molecule has 1 aliphatic heterocycles. The Bertz CT molecular complexity index is 515. The Morgan fingerprint density at radius 3 is 2.90 bits per heavy atom. The van der Waals surface area contributed by atoms with Gasteiger partial charge in [-0.3, -0.25) is 4.79 Å². The molecule has 1 atom stereocenters. The molecular formula is C16H21NO4. The van der Waals surface area contributed by atoms with E-state index in [4.69, 9.17) is 9.84 Å². The summed E-state index contributed by atoms with van der Waals surface area (Å²) < 4.78 is 5.13. The minimum Gasteiger partial charge on any atom is -0.482 e. The number of rotatable bonds is 5. The van der Waals surface area contributed by atoms with Crippen LogP contribution in [0.15, 0.2) is 24.3 Å². The number of carbonyl (C=O) groups excluding carboxylic acids is 1. The van der Waals surface area contributed by atoms with Crippen LogP contribution in [0.3, 0.4) is 0 Å². The van der Waals surface area contributed by atoms with E-state index in [9.17, 15) is 9.59 Å². The van der Waals surface area contributed by atoms with Gasteiger partial charge in [0.05, 0.1) is 6.42 Å². The Labute approximate surface area is 124 Å². The third-order valence-electron chi connectivity index (χ3n) is 3.74. The molecule has 1 heterocycles. The van der Waals surface area contributed by atoms with Gasteiger partial charge in [-0.25, -0.2) is 4.79 Å². The van der Waals surface area contributed by atoms with Gasteiger partial charge in [-0.05, 0) is 43.9 Å². The second-order valence-electron chi connectivity index (χ2n) is 5.44. The number of carboxylic acids is 1. The van der Waals surface area contributed by atoms with Gasteiger partial charge in [0.25, 0.3) is 0 Å². The number of nitrogens with zero attached hydrogens (tertiary/aromatic N) is 1. The van der Waals surface area contributed by atoms with Crippen LogP contribution in [0.5, 0.6) is 5.75 Å². The summed E-state index contributed by atoms with van der Waals surface area (Å²) in [7, 11) is 0. The molecule has 1 fully saturated rings. The molecule has 0 aromatic heterocycles. The second-order valence-corrected chi connectivity index (χ2v) is 5.44. The summed E-state index contributed by atoms with van der Waals surface area (Å²) in [6.45, 7) is 2.54. The molecular weight excluding hydrogens is 270 g/mol. The van der Waals surface area contributed by atoms with Gasteiger partial charge >= 0.3 is 5.97 Å². The number of carboxylic acid groups (broad SMARTS) is 1. The smallest absolute Gasteiger partial charge is 0.341 e. The number of piperidine rings is 1. The van der Waals surface area contributed by atoms with Crippen molar-refractivity contribution in [2.75, 3.05) is 13.2 Å². The van der Waals surface area contributed by atoms with Crippen molar-refractivity contribution in [2.24, 2.45) is 0 Å². The van der Waals surface area contributed by atoms with Crippen molar-refractivity contribution in [3.8, 4) is 5.75 Å². The first-order chi connectivity index (χ1) is 10.1. The maximum Gasteiger partial charge on any atom is 0.341 e. The van der Waals surface area contributed by atoms with Crippen molar-refractivity contribution in [2.45, 2.75) is 38.6 Å². The molecule has 1 unspecified atom stereocenters. The number of aliphatic carboxylic acids is 1. The fourth-order valence-corrected chi connectivity index (χ4v) is 2.64. The normalized spacial score (nSPS) is 18.3. The summed E-state index contributed by atoms with van der Waals surface area (Å²) in [6, 6.07) is 7.37. The zero-order chi connectivity index (χ0) is 15.2. The van der Waals surface area contributed by atoms with Crippen LogP contribution in [0.2, 0.25) is 0 Å². The van der Waals surface area contributed by atoms with E-state index in [1.54, 1.807) is 18.2 Å². The lowest BCUT2D eigenvalue weighted by molar-refractivity contribution is -0.139. The predicted octanol–water partition coefficient (Wildman–Crippen LogP) is 2.09. The van der Waals surface area contributed by atoms with Crippen molar-refractivity contribution in [3.05, 3.63) is 29.8 Å². The Morgan fingerprint density at radius 2 is 2.19 bits per heavy atom. The van der Waals surface area contributed by atoms with E-state index in [-0.39, 0.29) is 12.5 Å². The molecule has 5 heteroatoms. The van der Waals surface area contributed by atoms with Gasteiger partial charge < -0.3 is 14.7 Å². The highest BCUT2D eigenvalue weighted by atomic mass is 16.5. The average Bonchev–Trinajstić information content (AvgIpc) is 2.46. The maximum absolute atomic E-state index is 12.3. The maximum atomic E-state index is 12.3. The van der Waals surface area contributed by atoms with E-state index in [1.165, 1.54) is 6.42 Å². The number of amides is 1. The minimum absolute atomic E-state index is 0.123. The van der Waals surface area contributed by atoms with E-state index in [1.807, 2.05) is 11.0 Å². The van der Waals surface area contributed by atoms with Gasteiger partial charge in [0.2, 0.25) is 5.91 Å². The van der Waals surface area contributed by atoms with Gasteiger partial charge in [-0.2, -0.15) is 0 Å². The quantitative estimate of drug-likeness (QED) is 0.902. The number of ether oxygens (including phenoxy) is 1. The van der Waals surface area contributed by atoms with Gasteiger partial charge in [0.15, 0.2) is 6.61 Å². The Balaban J connectivity index is 1.97. The molecule has 0 radical (unpaired) electrons. The van der Waals surface area contributed by atoms with E-state index in [0.29, 0.717) is 18.2 Å². The summed E-state index contributed by atoms with van der Waals surface area (Å²) in [5.74, 6) is -0.411. The molecule has 0 saturated carbocycles. The number of hydrogen-bond donors (Lipinski definition) is 1. The molecule has 21 heavy (non-hydrogen) atoms. The zero-order valence-corrected chi connectivity index (χ0v) is 12.2. The molecule has 0 aliphatic carbocycles. The van der Waals surface area contributed by atoms with Gasteiger partial charge in [0.1, 0.15) is 5.75 Å². The first kappa shape index (κ1) is 15.4. The van der Waals surface area contributed by atoms with Crippen LogP contribution in [-0.2, 0) is 16.0 Å². The number of hydrogen-bond acceptors (Lipinski definition) is 3. The first-order valence-electron chi connectivity index (χ1n) is 7.29. The van der Waals surface area contributed by atoms with Crippen LogP contribution in [0.1, 0.15) is 31.7 Å². The van der Waals surface area contributed by atoms with Crippen molar-refractivity contribution in [1.82, 2.24) is 4.90 Å². The highest BCUT2D eigenvalue weighted by Crippen LogP contribution is 2.19. The summed E-state index contributed by atoms with van der Waals surface area (Å²) >= 11 is 0. The van der Waals surface area contributed by atoms with Crippen LogP contribution in [-0.4, -0.2) is 41.1 Å². The van der Waals surface area contributed by atoms with Gasteiger partial charge in [-0.1, -0.05) is 12.1 Å². The lowest BCUT2D eigenvalue weighted by Gasteiger charge is -2.33. The van der Waals surface area contributed by atoms with Crippen LogP contribution in [0.4, 0.5) is 0 Å². The highest BCUT2D eigenvalue weighted by molar-refractivity contribution is 5.79. The predicted molar refractivity (Wildman–Crippen MR) is 78.3 cm³/mol. The molecule has 1 N–H and O–H groups in total.